The van der Waals surface area contributed by atoms with E-state index in [9.17, 15) is 0 Å². The van der Waals surface area contributed by atoms with Crippen LogP contribution in [-0.4, -0.2) is 0 Å². The SMILES string of the molecule is CC(C)[C@@H](C)CC1C=CCCC1. The van der Waals surface area contributed by atoms with Crippen molar-refractivity contribution in [1.82, 2.24) is 0 Å². The summed E-state index contributed by atoms with van der Waals surface area (Å²) in [6.07, 6.45) is 10.3. The van der Waals surface area contributed by atoms with Gasteiger partial charge in [0, 0.05) is 0 Å². The van der Waals surface area contributed by atoms with Crippen molar-refractivity contribution in [2.24, 2.45) is 17.8 Å². The van der Waals surface area contributed by atoms with Crippen molar-refractivity contribution in [3.63, 3.8) is 0 Å². The molecule has 1 aliphatic rings. The minimum atomic E-state index is 0.848. The van der Waals surface area contributed by atoms with Gasteiger partial charge in [-0.25, -0.2) is 0 Å². The lowest BCUT2D eigenvalue weighted by Crippen LogP contribution is -2.11. The predicted octanol–water partition coefficient (Wildman–Crippen LogP) is 4.02. The minimum absolute atomic E-state index is 0.848. The molecule has 12 heavy (non-hydrogen) atoms. The highest BCUT2D eigenvalue weighted by Crippen LogP contribution is 2.26. The van der Waals surface area contributed by atoms with Gasteiger partial charge >= 0.3 is 0 Å². The van der Waals surface area contributed by atoms with Crippen molar-refractivity contribution in [1.29, 1.82) is 0 Å². The van der Waals surface area contributed by atoms with Gasteiger partial charge in [0.2, 0.25) is 0 Å². The third-order valence-corrected chi connectivity index (χ3v) is 3.17. The second kappa shape index (κ2) is 4.69. The number of hydrogen-bond donors (Lipinski definition) is 0. The maximum atomic E-state index is 2.43. The van der Waals surface area contributed by atoms with Crippen molar-refractivity contribution in [2.45, 2.75) is 46.5 Å². The molecule has 0 amide bonds. The zero-order valence-electron chi connectivity index (χ0n) is 8.72. The lowest BCUT2D eigenvalue weighted by molar-refractivity contribution is 0.332. The molecule has 0 fully saturated rings. The van der Waals surface area contributed by atoms with E-state index in [-0.39, 0.29) is 0 Å². The van der Waals surface area contributed by atoms with E-state index in [1.54, 1.807) is 0 Å². The summed E-state index contributed by atoms with van der Waals surface area (Å²) in [5.41, 5.74) is 0. The second-order valence-electron chi connectivity index (χ2n) is 4.58. The van der Waals surface area contributed by atoms with Crippen LogP contribution in [-0.2, 0) is 0 Å². The van der Waals surface area contributed by atoms with Gasteiger partial charge in [0.15, 0.2) is 0 Å². The Bertz CT molecular complexity index is 144. The molecule has 0 N–H and O–H groups in total. The first-order valence-corrected chi connectivity index (χ1v) is 5.37. The van der Waals surface area contributed by atoms with Crippen LogP contribution < -0.4 is 0 Å². The van der Waals surface area contributed by atoms with Gasteiger partial charge in [0.1, 0.15) is 0 Å². The molecule has 0 saturated carbocycles. The van der Waals surface area contributed by atoms with E-state index in [0.29, 0.717) is 0 Å². The fraction of sp³-hybridized carbons (Fsp3) is 0.833. The Morgan fingerprint density at radius 1 is 1.33 bits per heavy atom. The topological polar surface area (TPSA) is 0 Å². The van der Waals surface area contributed by atoms with Gasteiger partial charge in [-0.15, -0.1) is 0 Å². The summed E-state index contributed by atoms with van der Waals surface area (Å²) >= 11 is 0. The van der Waals surface area contributed by atoms with Crippen LogP contribution in [0.5, 0.6) is 0 Å². The molecule has 0 nitrogen and oxygen atoms in total. The van der Waals surface area contributed by atoms with Gasteiger partial charge in [0.25, 0.3) is 0 Å². The van der Waals surface area contributed by atoms with Crippen LogP contribution >= 0.6 is 0 Å². The van der Waals surface area contributed by atoms with E-state index in [1.807, 2.05) is 0 Å². The molecular weight excluding hydrogens is 144 g/mol. The molecule has 0 saturated heterocycles. The highest BCUT2D eigenvalue weighted by atomic mass is 14.2. The Morgan fingerprint density at radius 3 is 2.58 bits per heavy atom. The van der Waals surface area contributed by atoms with Crippen LogP contribution in [0.1, 0.15) is 46.5 Å². The molecule has 0 heteroatoms. The van der Waals surface area contributed by atoms with Crippen molar-refractivity contribution >= 4 is 0 Å². The van der Waals surface area contributed by atoms with Crippen LogP contribution in [0.4, 0.5) is 0 Å². The summed E-state index contributed by atoms with van der Waals surface area (Å²) in [7, 11) is 0. The maximum Gasteiger partial charge on any atom is -0.0231 e. The molecule has 0 aliphatic heterocycles. The Balaban J connectivity index is 2.29. The standard InChI is InChI=1S/C12H22/c1-10(2)11(3)9-12-7-5-4-6-8-12/h5,7,10-12H,4,6,8-9H2,1-3H3/t11-,12?/m0/s1. The second-order valence-corrected chi connectivity index (χ2v) is 4.58. The van der Waals surface area contributed by atoms with E-state index < -0.39 is 0 Å². The molecule has 0 aromatic carbocycles. The smallest absolute Gasteiger partial charge is 0.0231 e. The summed E-state index contributed by atoms with van der Waals surface area (Å²) in [5.74, 6) is 2.62. The quantitative estimate of drug-likeness (QED) is 0.555. The number of hydrogen-bond acceptors (Lipinski definition) is 0. The Hall–Kier alpha value is -0.260. The molecule has 0 radical (unpaired) electrons. The largest absolute Gasteiger partial charge is 0.0883 e. The number of allylic oxidation sites excluding steroid dienone is 2. The molecular formula is C12H22. The first-order chi connectivity index (χ1) is 5.70. The summed E-state index contributed by atoms with van der Waals surface area (Å²) in [6, 6.07) is 0. The molecule has 2 atom stereocenters. The third-order valence-electron chi connectivity index (χ3n) is 3.17. The van der Waals surface area contributed by atoms with Crippen molar-refractivity contribution in [2.75, 3.05) is 0 Å². The fourth-order valence-corrected chi connectivity index (χ4v) is 1.83. The van der Waals surface area contributed by atoms with E-state index in [4.69, 9.17) is 0 Å². The van der Waals surface area contributed by atoms with E-state index in [1.165, 1.54) is 25.7 Å². The first kappa shape index (κ1) is 9.83. The highest BCUT2D eigenvalue weighted by Gasteiger charge is 2.14. The van der Waals surface area contributed by atoms with Crippen LogP contribution in [0.15, 0.2) is 12.2 Å². The Kier molecular flexibility index (Phi) is 3.84. The van der Waals surface area contributed by atoms with E-state index in [2.05, 4.69) is 32.9 Å². The fourth-order valence-electron chi connectivity index (χ4n) is 1.83. The first-order valence-electron chi connectivity index (χ1n) is 5.37. The van der Waals surface area contributed by atoms with Crippen LogP contribution in [0.25, 0.3) is 0 Å². The van der Waals surface area contributed by atoms with Crippen LogP contribution in [0.2, 0.25) is 0 Å². The molecule has 1 unspecified atom stereocenters. The monoisotopic (exact) mass is 166 g/mol. The minimum Gasteiger partial charge on any atom is -0.0883 e. The maximum absolute atomic E-state index is 2.43. The molecule has 1 rings (SSSR count). The third kappa shape index (κ3) is 3.00. The zero-order valence-corrected chi connectivity index (χ0v) is 8.72. The summed E-state index contributed by atoms with van der Waals surface area (Å²) in [5, 5.41) is 0. The number of rotatable bonds is 3. The average molecular weight is 166 g/mol. The Labute approximate surface area is 77.1 Å². The predicted molar refractivity (Wildman–Crippen MR) is 55.1 cm³/mol. The summed E-state index contributed by atoms with van der Waals surface area (Å²) < 4.78 is 0. The molecule has 1 aliphatic carbocycles. The van der Waals surface area contributed by atoms with Crippen molar-refractivity contribution in [3.8, 4) is 0 Å². The molecule has 0 spiro atoms. The molecule has 0 aromatic rings. The summed E-state index contributed by atoms with van der Waals surface area (Å²) in [6.45, 7) is 7.04. The lowest BCUT2D eigenvalue weighted by atomic mass is 9.83. The van der Waals surface area contributed by atoms with Gasteiger partial charge in [-0.3, -0.25) is 0 Å². The van der Waals surface area contributed by atoms with Gasteiger partial charge in [0.05, 0.1) is 0 Å². The average Bonchev–Trinajstić information content (AvgIpc) is 2.06. The van der Waals surface area contributed by atoms with Crippen LogP contribution in [0.3, 0.4) is 0 Å². The molecule has 0 heterocycles. The highest BCUT2D eigenvalue weighted by molar-refractivity contribution is 4.93. The molecule has 70 valence electrons. The van der Waals surface area contributed by atoms with Crippen LogP contribution in [0, 0.1) is 17.8 Å². The molecule has 0 aromatic heterocycles. The Morgan fingerprint density at radius 2 is 2.08 bits per heavy atom. The van der Waals surface area contributed by atoms with E-state index >= 15 is 0 Å². The van der Waals surface area contributed by atoms with Gasteiger partial charge in [-0.1, -0.05) is 32.9 Å². The van der Waals surface area contributed by atoms with Gasteiger partial charge in [-0.05, 0) is 43.4 Å². The lowest BCUT2D eigenvalue weighted by Gasteiger charge is -2.22. The van der Waals surface area contributed by atoms with E-state index in [0.717, 1.165) is 17.8 Å². The summed E-state index contributed by atoms with van der Waals surface area (Å²) in [4.78, 5) is 0. The van der Waals surface area contributed by atoms with Crippen molar-refractivity contribution < 1.29 is 0 Å². The molecule has 0 bridgehead atoms. The van der Waals surface area contributed by atoms with Gasteiger partial charge in [-0.2, -0.15) is 0 Å². The van der Waals surface area contributed by atoms with Crippen molar-refractivity contribution in [3.05, 3.63) is 12.2 Å². The normalized spacial score (nSPS) is 26.2. The zero-order chi connectivity index (χ0) is 8.97. The van der Waals surface area contributed by atoms with Gasteiger partial charge < -0.3 is 0 Å².